The Morgan fingerprint density at radius 2 is 2.04 bits per heavy atom. The number of ether oxygens (including phenoxy) is 2. The van der Waals surface area contributed by atoms with E-state index in [2.05, 4.69) is 0 Å². The van der Waals surface area contributed by atoms with Crippen molar-refractivity contribution in [2.24, 2.45) is 0 Å². The molecular formula is C20H17ClN2O3. The summed E-state index contributed by atoms with van der Waals surface area (Å²) in [5.74, 6) is 2.00. The second kappa shape index (κ2) is 6.50. The van der Waals surface area contributed by atoms with Crippen molar-refractivity contribution in [1.82, 2.24) is 9.55 Å². The minimum absolute atomic E-state index is 0.0392. The lowest BCUT2D eigenvalue weighted by atomic mass is 10.1. The first-order valence-corrected chi connectivity index (χ1v) is 8.62. The fourth-order valence-corrected chi connectivity index (χ4v) is 3.51. The Balaban J connectivity index is 1.90. The molecule has 0 N–H and O–H groups in total. The van der Waals surface area contributed by atoms with Crippen molar-refractivity contribution in [2.75, 3.05) is 14.2 Å². The molecular weight excluding hydrogens is 352 g/mol. The van der Waals surface area contributed by atoms with Gasteiger partial charge < -0.3 is 9.47 Å². The van der Waals surface area contributed by atoms with Crippen LogP contribution in [0.4, 0.5) is 0 Å². The number of nitrogens with zero attached hydrogens (tertiary/aromatic N) is 2. The van der Waals surface area contributed by atoms with Crippen LogP contribution < -0.4 is 15.0 Å². The number of allylic oxidation sites excluding steroid dienone is 1. The molecule has 26 heavy (non-hydrogen) atoms. The first-order valence-electron chi connectivity index (χ1n) is 8.24. The molecule has 0 saturated carbocycles. The van der Waals surface area contributed by atoms with Gasteiger partial charge in [-0.15, -0.1) is 0 Å². The maximum atomic E-state index is 12.8. The second-order valence-corrected chi connectivity index (χ2v) is 6.49. The molecule has 0 amide bonds. The number of hydrogen-bond donors (Lipinski definition) is 0. The van der Waals surface area contributed by atoms with Crippen LogP contribution in [0.15, 0.2) is 41.2 Å². The van der Waals surface area contributed by atoms with Crippen molar-refractivity contribution in [1.29, 1.82) is 0 Å². The molecule has 0 radical (unpaired) electrons. The van der Waals surface area contributed by atoms with Crippen molar-refractivity contribution in [2.45, 2.75) is 13.0 Å². The first-order chi connectivity index (χ1) is 12.6. The smallest absolute Gasteiger partial charge is 0.261 e. The summed E-state index contributed by atoms with van der Waals surface area (Å²) < 4.78 is 12.6. The number of hydrogen-bond acceptors (Lipinski definition) is 4. The lowest BCUT2D eigenvalue weighted by Gasteiger charge is -2.11. The molecule has 1 aliphatic heterocycles. The fraction of sp³-hybridized carbons (Fsp3) is 0.200. The summed E-state index contributed by atoms with van der Waals surface area (Å²) in [7, 11) is 3.22. The summed E-state index contributed by atoms with van der Waals surface area (Å²) in [6.45, 7) is 0.609. The fourth-order valence-electron chi connectivity index (χ4n) is 3.34. The van der Waals surface area contributed by atoms with E-state index in [0.29, 0.717) is 39.8 Å². The highest BCUT2D eigenvalue weighted by atomic mass is 35.5. The summed E-state index contributed by atoms with van der Waals surface area (Å²) in [6, 6.07) is 10.9. The molecule has 0 saturated heterocycles. The SMILES string of the molecule is COc1cccc(C=C2CCn3c2nc2cc(Cl)ccc2c3=O)c1OC. The van der Waals surface area contributed by atoms with Gasteiger partial charge in [0.15, 0.2) is 11.5 Å². The molecule has 1 aliphatic rings. The zero-order valence-electron chi connectivity index (χ0n) is 14.5. The predicted molar refractivity (Wildman–Crippen MR) is 103 cm³/mol. The van der Waals surface area contributed by atoms with Gasteiger partial charge in [0.1, 0.15) is 5.82 Å². The van der Waals surface area contributed by atoms with Gasteiger partial charge in [0.2, 0.25) is 0 Å². The average Bonchev–Trinajstić information content (AvgIpc) is 3.04. The van der Waals surface area contributed by atoms with Crippen molar-refractivity contribution in [3.05, 3.63) is 63.2 Å². The quantitative estimate of drug-likeness (QED) is 0.701. The Morgan fingerprint density at radius 1 is 1.19 bits per heavy atom. The largest absolute Gasteiger partial charge is 0.493 e. The van der Waals surface area contributed by atoms with E-state index in [1.165, 1.54) is 0 Å². The second-order valence-electron chi connectivity index (χ2n) is 6.06. The maximum Gasteiger partial charge on any atom is 0.261 e. The third-order valence-electron chi connectivity index (χ3n) is 4.57. The van der Waals surface area contributed by atoms with Crippen LogP contribution >= 0.6 is 11.6 Å². The van der Waals surface area contributed by atoms with Crippen LogP contribution in [0.3, 0.4) is 0 Å². The normalized spacial score (nSPS) is 14.7. The third-order valence-corrected chi connectivity index (χ3v) is 4.81. The Hall–Kier alpha value is -2.79. The lowest BCUT2D eigenvalue weighted by Crippen LogP contribution is -2.20. The zero-order valence-corrected chi connectivity index (χ0v) is 15.2. The van der Waals surface area contributed by atoms with Gasteiger partial charge >= 0.3 is 0 Å². The zero-order chi connectivity index (χ0) is 18.3. The van der Waals surface area contributed by atoms with Crippen molar-refractivity contribution in [3.63, 3.8) is 0 Å². The molecule has 1 aromatic heterocycles. The minimum atomic E-state index is -0.0392. The number of halogens is 1. The van der Waals surface area contributed by atoms with E-state index in [-0.39, 0.29) is 5.56 Å². The van der Waals surface area contributed by atoms with E-state index >= 15 is 0 Å². The molecule has 4 rings (SSSR count). The summed E-state index contributed by atoms with van der Waals surface area (Å²) in [5.41, 5.74) is 2.44. The van der Waals surface area contributed by atoms with E-state index in [1.807, 2.05) is 24.3 Å². The van der Waals surface area contributed by atoms with E-state index < -0.39 is 0 Å². The van der Waals surface area contributed by atoms with Crippen LogP contribution in [0.1, 0.15) is 17.8 Å². The standard InChI is InChI=1S/C20H17ClN2O3/c1-25-17-5-3-4-12(18(17)26-2)10-13-8-9-23-19(13)22-16-11-14(21)6-7-15(16)20(23)24/h3-7,10-11H,8-9H2,1-2H3. The van der Waals surface area contributed by atoms with Crippen LogP contribution in [-0.4, -0.2) is 23.8 Å². The highest BCUT2D eigenvalue weighted by molar-refractivity contribution is 6.31. The third kappa shape index (κ3) is 2.65. The van der Waals surface area contributed by atoms with Gasteiger partial charge in [0.05, 0.1) is 25.1 Å². The van der Waals surface area contributed by atoms with E-state index in [0.717, 1.165) is 17.6 Å². The number of aromatic nitrogens is 2. The summed E-state index contributed by atoms with van der Waals surface area (Å²) >= 11 is 6.07. The van der Waals surface area contributed by atoms with Crippen LogP contribution in [0.2, 0.25) is 5.02 Å². The number of methoxy groups -OCH3 is 2. The Kier molecular flexibility index (Phi) is 4.17. The van der Waals surface area contributed by atoms with Crippen molar-refractivity contribution in [3.8, 4) is 11.5 Å². The molecule has 2 heterocycles. The van der Waals surface area contributed by atoms with Crippen molar-refractivity contribution < 1.29 is 9.47 Å². The summed E-state index contributed by atoms with van der Waals surface area (Å²) in [5, 5.41) is 1.14. The molecule has 0 unspecified atom stereocenters. The van der Waals surface area contributed by atoms with Gasteiger partial charge in [0, 0.05) is 17.1 Å². The van der Waals surface area contributed by atoms with E-state index in [1.54, 1.807) is 37.0 Å². The van der Waals surface area contributed by atoms with Gasteiger partial charge in [-0.3, -0.25) is 9.36 Å². The Labute approximate surface area is 155 Å². The van der Waals surface area contributed by atoms with Gasteiger partial charge in [0.25, 0.3) is 5.56 Å². The minimum Gasteiger partial charge on any atom is -0.493 e. The van der Waals surface area contributed by atoms with Gasteiger partial charge in [-0.1, -0.05) is 23.7 Å². The number of benzene rings is 2. The monoisotopic (exact) mass is 368 g/mol. The number of fused-ring (bicyclic) bond motifs is 2. The molecule has 5 nitrogen and oxygen atoms in total. The summed E-state index contributed by atoms with van der Waals surface area (Å²) in [6.07, 6.45) is 2.73. The van der Waals surface area contributed by atoms with Crippen molar-refractivity contribution >= 4 is 34.2 Å². The first kappa shape index (κ1) is 16.7. The van der Waals surface area contributed by atoms with Crippen LogP contribution in [0, 0.1) is 0 Å². The Bertz CT molecular complexity index is 1100. The molecule has 3 aromatic rings. The maximum absolute atomic E-state index is 12.8. The molecule has 0 bridgehead atoms. The van der Waals surface area contributed by atoms with E-state index in [9.17, 15) is 4.79 Å². The Morgan fingerprint density at radius 3 is 2.81 bits per heavy atom. The highest BCUT2D eigenvalue weighted by Crippen LogP contribution is 2.35. The number of para-hydroxylation sites is 1. The average molecular weight is 369 g/mol. The molecule has 6 heteroatoms. The van der Waals surface area contributed by atoms with Crippen LogP contribution in [-0.2, 0) is 6.54 Å². The number of rotatable bonds is 3. The molecule has 0 aliphatic carbocycles. The van der Waals surface area contributed by atoms with Gasteiger partial charge in [-0.25, -0.2) is 4.98 Å². The molecule has 0 spiro atoms. The van der Waals surface area contributed by atoms with Gasteiger partial charge in [-0.2, -0.15) is 0 Å². The van der Waals surface area contributed by atoms with Crippen LogP contribution in [0.5, 0.6) is 11.5 Å². The molecule has 0 fully saturated rings. The topological polar surface area (TPSA) is 53.4 Å². The van der Waals surface area contributed by atoms with Crippen LogP contribution in [0.25, 0.3) is 22.6 Å². The molecule has 132 valence electrons. The van der Waals surface area contributed by atoms with Gasteiger partial charge in [-0.05, 0) is 42.3 Å². The lowest BCUT2D eigenvalue weighted by molar-refractivity contribution is 0.354. The highest BCUT2D eigenvalue weighted by Gasteiger charge is 2.21. The molecule has 2 aromatic carbocycles. The summed E-state index contributed by atoms with van der Waals surface area (Å²) in [4.78, 5) is 17.5. The van der Waals surface area contributed by atoms with E-state index in [4.69, 9.17) is 26.1 Å². The molecule has 0 atom stereocenters. The predicted octanol–water partition coefficient (Wildman–Crippen LogP) is 4.01.